The number of rotatable bonds is 8. The first-order valence-electron chi connectivity index (χ1n) is 13.6. The Kier molecular flexibility index (Phi) is 7.79. The van der Waals surface area contributed by atoms with Gasteiger partial charge in [-0.05, 0) is 104 Å². The lowest BCUT2D eigenvalue weighted by molar-refractivity contribution is -0.138. The van der Waals surface area contributed by atoms with Crippen LogP contribution >= 0.6 is 0 Å². The summed E-state index contributed by atoms with van der Waals surface area (Å²) in [4.78, 5) is 29.2. The number of hydrogen-bond acceptors (Lipinski definition) is 4. The van der Waals surface area contributed by atoms with Crippen molar-refractivity contribution in [2.75, 3.05) is 25.5 Å². The molecule has 1 saturated carbocycles. The predicted octanol–water partition coefficient (Wildman–Crippen LogP) is 5.45. The largest absolute Gasteiger partial charge is 0.497 e. The van der Waals surface area contributed by atoms with E-state index < -0.39 is 0 Å². The van der Waals surface area contributed by atoms with E-state index in [-0.39, 0.29) is 23.7 Å². The van der Waals surface area contributed by atoms with Gasteiger partial charge in [0.25, 0.3) is 5.91 Å². The van der Waals surface area contributed by atoms with Gasteiger partial charge in [0.05, 0.1) is 13.0 Å². The van der Waals surface area contributed by atoms with Crippen LogP contribution < -0.4 is 15.4 Å². The molecule has 5 rings (SSSR count). The quantitative estimate of drug-likeness (QED) is 0.422. The summed E-state index contributed by atoms with van der Waals surface area (Å²) in [5.74, 6) is 0.707. The van der Waals surface area contributed by atoms with Crippen LogP contribution in [0.3, 0.4) is 0 Å². The summed E-state index contributed by atoms with van der Waals surface area (Å²) >= 11 is 0. The maximum absolute atomic E-state index is 14.1. The van der Waals surface area contributed by atoms with Crippen molar-refractivity contribution in [1.82, 2.24) is 10.2 Å². The van der Waals surface area contributed by atoms with E-state index in [1.165, 1.54) is 16.7 Å². The van der Waals surface area contributed by atoms with E-state index in [1.54, 1.807) is 7.11 Å². The monoisotopic (exact) mass is 511 g/mol. The molecule has 3 aromatic carbocycles. The van der Waals surface area contributed by atoms with Crippen molar-refractivity contribution in [2.24, 2.45) is 5.92 Å². The number of hydrogen-bond donors (Lipinski definition) is 2. The first-order chi connectivity index (χ1) is 18.4. The molecule has 0 radical (unpaired) electrons. The highest BCUT2D eigenvalue weighted by atomic mass is 16.5. The van der Waals surface area contributed by atoms with Gasteiger partial charge in [-0.2, -0.15) is 0 Å². The second-order valence-electron chi connectivity index (χ2n) is 10.6. The average molecular weight is 512 g/mol. The molecule has 1 saturated heterocycles. The van der Waals surface area contributed by atoms with Crippen LogP contribution in [0.1, 0.15) is 57.8 Å². The van der Waals surface area contributed by atoms with Gasteiger partial charge in [-0.25, -0.2) is 0 Å². The molecular formula is C32H37N3O3. The molecule has 198 valence electrons. The van der Waals surface area contributed by atoms with Crippen LogP contribution in [-0.4, -0.2) is 43.0 Å². The first-order valence-corrected chi connectivity index (χ1v) is 13.6. The number of carbonyl (C=O) groups excluding carboxylic acids is 2. The number of carbonyl (C=O) groups is 2. The smallest absolute Gasteiger partial charge is 0.255 e. The van der Waals surface area contributed by atoms with Gasteiger partial charge in [0, 0.05) is 30.4 Å². The van der Waals surface area contributed by atoms with Crippen LogP contribution in [0.4, 0.5) is 5.69 Å². The van der Waals surface area contributed by atoms with Crippen LogP contribution in [-0.2, 0) is 11.3 Å². The molecule has 2 amide bonds. The number of methoxy groups -OCH3 is 1. The van der Waals surface area contributed by atoms with E-state index in [0.29, 0.717) is 30.4 Å². The topological polar surface area (TPSA) is 70.7 Å². The third-order valence-electron chi connectivity index (χ3n) is 8.05. The highest BCUT2D eigenvalue weighted by Gasteiger charge is 2.40. The molecule has 2 aliphatic rings. The number of anilines is 1. The minimum atomic E-state index is -0.164. The molecule has 3 aromatic rings. The molecule has 6 heteroatoms. The Morgan fingerprint density at radius 1 is 1.00 bits per heavy atom. The summed E-state index contributed by atoms with van der Waals surface area (Å²) in [7, 11) is 1.62. The molecule has 0 spiro atoms. The first kappa shape index (κ1) is 26.0. The Balaban J connectivity index is 1.35. The molecule has 0 aromatic heterocycles. The van der Waals surface area contributed by atoms with E-state index in [1.807, 2.05) is 42.5 Å². The second kappa shape index (κ2) is 11.4. The minimum Gasteiger partial charge on any atom is -0.497 e. The van der Waals surface area contributed by atoms with Crippen LogP contribution in [0.5, 0.6) is 5.75 Å². The summed E-state index contributed by atoms with van der Waals surface area (Å²) in [6.45, 7) is 6.44. The summed E-state index contributed by atoms with van der Waals surface area (Å²) < 4.78 is 5.20. The minimum absolute atomic E-state index is 0.0670. The average Bonchev–Trinajstić information content (AvgIpc) is 3.79. The fourth-order valence-corrected chi connectivity index (χ4v) is 5.46. The predicted molar refractivity (Wildman–Crippen MR) is 151 cm³/mol. The van der Waals surface area contributed by atoms with Crippen LogP contribution in [0, 0.1) is 19.8 Å². The number of piperidine rings is 1. The molecule has 1 aliphatic heterocycles. The van der Waals surface area contributed by atoms with Crippen molar-refractivity contribution >= 4 is 17.5 Å². The lowest BCUT2D eigenvalue weighted by Crippen LogP contribution is -2.47. The zero-order valence-corrected chi connectivity index (χ0v) is 22.5. The lowest BCUT2D eigenvalue weighted by Gasteiger charge is -2.36. The molecule has 38 heavy (non-hydrogen) atoms. The Bertz CT molecular complexity index is 1300. The fourth-order valence-electron chi connectivity index (χ4n) is 5.46. The molecule has 1 heterocycles. The normalized spacial score (nSPS) is 19.0. The standard InChI is InChI=1S/C32H37N3O3/c1-21-6-4-9-25(22(21)2)20-35(27-12-13-27)32(37)30-19-33-17-16-29(30)23-7-5-8-24(18-23)31(36)34-26-10-14-28(38-3)15-11-26/h4-11,14-15,18,27,29-30,33H,12-13,16-17,19-20H2,1-3H3,(H,34,36)/t29-,30+/m1/s1. The summed E-state index contributed by atoms with van der Waals surface area (Å²) in [5.41, 5.74) is 6.10. The summed E-state index contributed by atoms with van der Waals surface area (Å²) in [6, 6.07) is 21.7. The van der Waals surface area contributed by atoms with E-state index in [2.05, 4.69) is 53.6 Å². The maximum Gasteiger partial charge on any atom is 0.255 e. The van der Waals surface area contributed by atoms with Crippen LogP contribution in [0.25, 0.3) is 0 Å². The van der Waals surface area contributed by atoms with Gasteiger partial charge in [-0.15, -0.1) is 0 Å². The zero-order valence-electron chi connectivity index (χ0n) is 22.5. The van der Waals surface area contributed by atoms with Crippen LogP contribution in [0.15, 0.2) is 66.7 Å². The Morgan fingerprint density at radius 2 is 1.76 bits per heavy atom. The molecule has 2 atom stereocenters. The molecule has 2 fully saturated rings. The highest BCUT2D eigenvalue weighted by molar-refractivity contribution is 6.04. The number of ether oxygens (including phenoxy) is 1. The summed E-state index contributed by atoms with van der Waals surface area (Å²) in [5, 5.41) is 6.43. The van der Waals surface area contributed by atoms with Crippen molar-refractivity contribution in [3.63, 3.8) is 0 Å². The number of nitrogens with one attached hydrogen (secondary N) is 2. The molecule has 0 bridgehead atoms. The van der Waals surface area contributed by atoms with Gasteiger partial charge >= 0.3 is 0 Å². The third-order valence-corrected chi connectivity index (χ3v) is 8.05. The van der Waals surface area contributed by atoms with E-state index in [4.69, 9.17) is 4.74 Å². The molecule has 2 N–H and O–H groups in total. The number of benzene rings is 3. The van der Waals surface area contributed by atoms with Crippen molar-refractivity contribution < 1.29 is 14.3 Å². The van der Waals surface area contributed by atoms with Crippen molar-refractivity contribution in [3.05, 3.63) is 94.5 Å². The maximum atomic E-state index is 14.1. The van der Waals surface area contributed by atoms with Crippen molar-refractivity contribution in [1.29, 1.82) is 0 Å². The lowest BCUT2D eigenvalue weighted by atomic mass is 9.79. The number of aryl methyl sites for hydroxylation is 1. The molecular weight excluding hydrogens is 474 g/mol. The number of nitrogens with zero attached hydrogens (tertiary/aromatic N) is 1. The third kappa shape index (κ3) is 5.76. The van der Waals surface area contributed by atoms with Crippen LogP contribution in [0.2, 0.25) is 0 Å². The Hall–Kier alpha value is -3.64. The van der Waals surface area contributed by atoms with Gasteiger partial charge in [-0.1, -0.05) is 30.3 Å². The number of amides is 2. The van der Waals surface area contributed by atoms with Gasteiger partial charge in [-0.3, -0.25) is 9.59 Å². The molecule has 1 aliphatic carbocycles. The summed E-state index contributed by atoms with van der Waals surface area (Å²) in [6.07, 6.45) is 3.01. The van der Waals surface area contributed by atoms with E-state index in [0.717, 1.165) is 37.1 Å². The second-order valence-corrected chi connectivity index (χ2v) is 10.6. The van der Waals surface area contributed by atoms with Gasteiger partial charge < -0.3 is 20.3 Å². The fraction of sp³-hybridized carbons (Fsp3) is 0.375. The van der Waals surface area contributed by atoms with Crippen molar-refractivity contribution in [3.8, 4) is 5.75 Å². The Labute approximate surface area is 225 Å². The van der Waals surface area contributed by atoms with E-state index >= 15 is 0 Å². The molecule has 6 nitrogen and oxygen atoms in total. The van der Waals surface area contributed by atoms with Gasteiger partial charge in [0.15, 0.2) is 0 Å². The Morgan fingerprint density at radius 3 is 2.50 bits per heavy atom. The van der Waals surface area contributed by atoms with Crippen molar-refractivity contribution in [2.45, 2.75) is 51.6 Å². The zero-order chi connectivity index (χ0) is 26.6. The van der Waals surface area contributed by atoms with E-state index in [9.17, 15) is 9.59 Å². The van der Waals surface area contributed by atoms with Gasteiger partial charge in [0.1, 0.15) is 5.75 Å². The molecule has 0 unspecified atom stereocenters. The SMILES string of the molecule is COc1ccc(NC(=O)c2cccc([C@H]3CCNC[C@@H]3C(=O)N(Cc3cccc(C)c3C)C3CC3)c2)cc1. The van der Waals surface area contributed by atoms with Gasteiger partial charge in [0.2, 0.25) is 5.91 Å². The highest BCUT2D eigenvalue weighted by Crippen LogP contribution is 2.36.